The second-order valence-corrected chi connectivity index (χ2v) is 7.90. The standard InChI is InChI=1S/C24H20ClN3O2S/c1-2-15-3-7-17(8-4-15)23(29)28-24(31)26-19-10-5-16(6-11-19)13-22-27-20-14-18(25)9-12-21(20)30-22/h3-12,14H,2,13H2,1H3,(H2,26,28,29,31). The zero-order valence-electron chi connectivity index (χ0n) is 16.8. The molecule has 0 saturated carbocycles. The Hall–Kier alpha value is -3.22. The van der Waals surface area contributed by atoms with Gasteiger partial charge in [-0.1, -0.05) is 42.8 Å². The number of hydrogen-bond donors (Lipinski definition) is 2. The van der Waals surface area contributed by atoms with Crippen LogP contribution in [0.5, 0.6) is 0 Å². The number of benzene rings is 3. The van der Waals surface area contributed by atoms with Gasteiger partial charge in [0.05, 0.1) is 0 Å². The molecule has 0 bridgehead atoms. The first-order chi connectivity index (χ1) is 15.0. The van der Waals surface area contributed by atoms with E-state index in [1.807, 2.05) is 42.5 Å². The number of fused-ring (bicyclic) bond motifs is 1. The van der Waals surface area contributed by atoms with Crippen LogP contribution in [0.3, 0.4) is 0 Å². The topological polar surface area (TPSA) is 67.2 Å². The Balaban J connectivity index is 1.34. The van der Waals surface area contributed by atoms with Crippen LogP contribution in [-0.4, -0.2) is 16.0 Å². The van der Waals surface area contributed by atoms with Gasteiger partial charge in [-0.2, -0.15) is 0 Å². The Labute approximate surface area is 190 Å². The van der Waals surface area contributed by atoms with Crippen molar-refractivity contribution in [1.29, 1.82) is 0 Å². The Morgan fingerprint density at radius 3 is 2.45 bits per heavy atom. The van der Waals surface area contributed by atoms with Gasteiger partial charge in [-0.05, 0) is 72.2 Å². The van der Waals surface area contributed by atoms with Gasteiger partial charge in [-0.3, -0.25) is 10.1 Å². The third-order valence-electron chi connectivity index (χ3n) is 4.81. The first-order valence-electron chi connectivity index (χ1n) is 9.85. The minimum atomic E-state index is -0.243. The number of carbonyl (C=O) groups excluding carboxylic acids is 1. The summed E-state index contributed by atoms with van der Waals surface area (Å²) >= 11 is 11.3. The zero-order chi connectivity index (χ0) is 21.8. The fourth-order valence-corrected chi connectivity index (χ4v) is 3.51. The summed E-state index contributed by atoms with van der Waals surface area (Å²) < 4.78 is 5.77. The molecule has 0 aliphatic heterocycles. The molecule has 1 amide bonds. The van der Waals surface area contributed by atoms with Crippen molar-refractivity contribution in [2.45, 2.75) is 19.8 Å². The highest BCUT2D eigenvalue weighted by Crippen LogP contribution is 2.22. The lowest BCUT2D eigenvalue weighted by atomic mass is 10.1. The molecule has 4 aromatic rings. The van der Waals surface area contributed by atoms with Crippen molar-refractivity contribution in [3.63, 3.8) is 0 Å². The van der Waals surface area contributed by atoms with Crippen molar-refractivity contribution >= 4 is 51.6 Å². The van der Waals surface area contributed by atoms with E-state index in [0.29, 0.717) is 28.5 Å². The van der Waals surface area contributed by atoms with Gasteiger partial charge >= 0.3 is 0 Å². The van der Waals surface area contributed by atoms with Crippen LogP contribution in [0.4, 0.5) is 5.69 Å². The maximum absolute atomic E-state index is 12.3. The normalized spacial score (nSPS) is 10.8. The Morgan fingerprint density at radius 2 is 1.74 bits per heavy atom. The highest BCUT2D eigenvalue weighted by molar-refractivity contribution is 7.80. The van der Waals surface area contributed by atoms with Crippen molar-refractivity contribution in [3.8, 4) is 0 Å². The van der Waals surface area contributed by atoms with Crippen LogP contribution in [0, 0.1) is 0 Å². The van der Waals surface area contributed by atoms with Gasteiger partial charge in [0.15, 0.2) is 16.6 Å². The summed E-state index contributed by atoms with van der Waals surface area (Å²) in [5.74, 6) is 0.377. The van der Waals surface area contributed by atoms with Crippen LogP contribution in [0.1, 0.15) is 34.3 Å². The molecule has 2 N–H and O–H groups in total. The molecule has 31 heavy (non-hydrogen) atoms. The molecule has 0 aliphatic rings. The molecular formula is C24H20ClN3O2S. The van der Waals surface area contributed by atoms with Crippen molar-refractivity contribution in [2.24, 2.45) is 0 Å². The van der Waals surface area contributed by atoms with Crippen molar-refractivity contribution in [3.05, 3.63) is 94.3 Å². The summed E-state index contributed by atoms with van der Waals surface area (Å²) in [4.78, 5) is 16.8. The van der Waals surface area contributed by atoms with E-state index in [-0.39, 0.29) is 11.0 Å². The number of nitrogens with zero attached hydrogens (tertiary/aromatic N) is 1. The second-order valence-electron chi connectivity index (χ2n) is 7.05. The number of aryl methyl sites for hydroxylation is 1. The molecule has 0 saturated heterocycles. The largest absolute Gasteiger partial charge is 0.440 e. The lowest BCUT2D eigenvalue weighted by Gasteiger charge is -2.10. The van der Waals surface area contributed by atoms with Crippen LogP contribution < -0.4 is 10.6 Å². The second kappa shape index (κ2) is 9.29. The number of rotatable bonds is 5. The smallest absolute Gasteiger partial charge is 0.257 e. The Morgan fingerprint density at radius 1 is 1.03 bits per heavy atom. The molecule has 156 valence electrons. The molecule has 0 spiro atoms. The minimum Gasteiger partial charge on any atom is -0.440 e. The summed E-state index contributed by atoms with van der Waals surface area (Å²) in [7, 11) is 0. The number of amides is 1. The van der Waals surface area contributed by atoms with Gasteiger partial charge in [-0.15, -0.1) is 0 Å². The lowest BCUT2D eigenvalue weighted by molar-refractivity contribution is 0.0977. The van der Waals surface area contributed by atoms with Crippen molar-refractivity contribution in [2.75, 3.05) is 5.32 Å². The number of halogens is 1. The first-order valence-corrected chi connectivity index (χ1v) is 10.6. The molecule has 0 atom stereocenters. The predicted molar refractivity (Wildman–Crippen MR) is 128 cm³/mol. The van der Waals surface area contributed by atoms with Gasteiger partial charge in [-0.25, -0.2) is 4.98 Å². The third kappa shape index (κ3) is 5.29. The van der Waals surface area contributed by atoms with E-state index in [4.69, 9.17) is 28.2 Å². The fourth-order valence-electron chi connectivity index (χ4n) is 3.13. The number of oxazole rings is 1. The Kier molecular flexibility index (Phi) is 6.30. The minimum absolute atomic E-state index is 0.243. The van der Waals surface area contributed by atoms with Crippen molar-refractivity contribution < 1.29 is 9.21 Å². The van der Waals surface area contributed by atoms with Crippen LogP contribution in [0.15, 0.2) is 71.1 Å². The molecule has 7 heteroatoms. The molecule has 0 fully saturated rings. The number of thiocarbonyl (C=S) groups is 1. The van der Waals surface area contributed by atoms with E-state index >= 15 is 0 Å². The maximum atomic E-state index is 12.3. The molecule has 1 heterocycles. The molecule has 4 rings (SSSR count). The highest BCUT2D eigenvalue weighted by Gasteiger charge is 2.09. The maximum Gasteiger partial charge on any atom is 0.257 e. The Bertz CT molecular complexity index is 1230. The summed E-state index contributed by atoms with van der Waals surface area (Å²) in [5, 5.41) is 6.60. The van der Waals surface area contributed by atoms with Crippen LogP contribution in [0.2, 0.25) is 5.02 Å². The molecule has 0 aliphatic carbocycles. The lowest BCUT2D eigenvalue weighted by Crippen LogP contribution is -2.34. The van der Waals surface area contributed by atoms with Crippen LogP contribution in [0.25, 0.3) is 11.1 Å². The van der Waals surface area contributed by atoms with E-state index in [0.717, 1.165) is 23.2 Å². The number of aromatic nitrogens is 1. The van der Waals surface area contributed by atoms with Gasteiger partial charge in [0.1, 0.15) is 5.52 Å². The number of anilines is 1. The van der Waals surface area contributed by atoms with Gasteiger partial charge in [0.2, 0.25) is 0 Å². The van der Waals surface area contributed by atoms with E-state index in [9.17, 15) is 4.79 Å². The molecule has 0 unspecified atom stereocenters. The first kappa shape index (κ1) is 21.0. The summed E-state index contributed by atoms with van der Waals surface area (Å²) in [6, 6.07) is 20.5. The third-order valence-corrected chi connectivity index (χ3v) is 5.25. The van der Waals surface area contributed by atoms with E-state index in [2.05, 4.69) is 22.5 Å². The quantitative estimate of drug-likeness (QED) is 0.379. The van der Waals surface area contributed by atoms with Gasteiger partial charge in [0, 0.05) is 22.7 Å². The molecule has 0 radical (unpaired) electrons. The molecule has 3 aromatic carbocycles. The number of hydrogen-bond acceptors (Lipinski definition) is 4. The summed E-state index contributed by atoms with van der Waals surface area (Å²) in [6.45, 7) is 2.07. The average Bonchev–Trinajstić information content (AvgIpc) is 3.16. The molecule has 5 nitrogen and oxygen atoms in total. The van der Waals surface area contributed by atoms with Gasteiger partial charge < -0.3 is 9.73 Å². The number of nitrogens with one attached hydrogen (secondary N) is 2. The fraction of sp³-hybridized carbons (Fsp3) is 0.125. The molecular weight excluding hydrogens is 430 g/mol. The number of carbonyl (C=O) groups is 1. The average molecular weight is 450 g/mol. The van der Waals surface area contributed by atoms with Crippen molar-refractivity contribution in [1.82, 2.24) is 10.3 Å². The van der Waals surface area contributed by atoms with Crippen LogP contribution >= 0.6 is 23.8 Å². The summed E-state index contributed by atoms with van der Waals surface area (Å²) in [6.07, 6.45) is 1.49. The van der Waals surface area contributed by atoms with E-state index in [1.165, 1.54) is 5.56 Å². The SMILES string of the molecule is CCc1ccc(C(=O)NC(=S)Nc2ccc(Cc3nc4cc(Cl)ccc4o3)cc2)cc1. The van der Waals surface area contributed by atoms with Crippen LogP contribution in [-0.2, 0) is 12.8 Å². The monoisotopic (exact) mass is 449 g/mol. The van der Waals surface area contributed by atoms with E-state index in [1.54, 1.807) is 24.3 Å². The highest BCUT2D eigenvalue weighted by atomic mass is 35.5. The molecule has 1 aromatic heterocycles. The predicted octanol–water partition coefficient (Wildman–Crippen LogP) is 5.76. The summed E-state index contributed by atoms with van der Waals surface area (Å²) in [5.41, 5.74) is 5.01. The van der Waals surface area contributed by atoms with Gasteiger partial charge in [0.25, 0.3) is 5.91 Å². The zero-order valence-corrected chi connectivity index (χ0v) is 18.4. The van der Waals surface area contributed by atoms with E-state index < -0.39 is 0 Å².